The fourth-order valence-corrected chi connectivity index (χ4v) is 2.96. The number of rotatable bonds is 4. The summed E-state index contributed by atoms with van der Waals surface area (Å²) in [6.07, 6.45) is 3.13. The molecule has 0 bridgehead atoms. The van der Waals surface area contributed by atoms with E-state index in [0.29, 0.717) is 28.5 Å². The van der Waals surface area contributed by atoms with E-state index in [2.05, 4.69) is 20.4 Å². The molecule has 0 fully saturated rings. The van der Waals surface area contributed by atoms with Crippen LogP contribution in [0.1, 0.15) is 10.4 Å². The Bertz CT molecular complexity index is 997. The molecule has 0 unspecified atom stereocenters. The lowest BCUT2D eigenvalue weighted by molar-refractivity contribution is 0.102. The van der Waals surface area contributed by atoms with Crippen molar-refractivity contribution in [2.24, 2.45) is 0 Å². The lowest BCUT2D eigenvalue weighted by atomic mass is 10.1. The van der Waals surface area contributed by atoms with Crippen LogP contribution in [0.25, 0.3) is 22.2 Å². The van der Waals surface area contributed by atoms with Gasteiger partial charge in [-0.3, -0.25) is 9.78 Å². The number of carbonyl (C=O) groups excluding carboxylic acids is 1. The maximum absolute atomic E-state index is 12.4. The van der Waals surface area contributed by atoms with Gasteiger partial charge in [-0.2, -0.15) is 4.98 Å². The van der Waals surface area contributed by atoms with Gasteiger partial charge in [0.05, 0.1) is 21.7 Å². The summed E-state index contributed by atoms with van der Waals surface area (Å²) in [6.45, 7) is 0. The van der Waals surface area contributed by atoms with Crippen molar-refractivity contribution >= 4 is 22.9 Å². The molecule has 0 saturated carbocycles. The second-order valence-electron chi connectivity index (χ2n) is 5.14. The highest BCUT2D eigenvalue weighted by Crippen LogP contribution is 2.30. The molecule has 7 heteroatoms. The van der Waals surface area contributed by atoms with Crippen molar-refractivity contribution in [3.8, 4) is 22.2 Å². The predicted octanol–water partition coefficient (Wildman–Crippen LogP) is 4.11. The topological polar surface area (TPSA) is 80.9 Å². The molecule has 0 saturated heterocycles. The number of benzene rings is 1. The van der Waals surface area contributed by atoms with Crippen LogP contribution in [0, 0.1) is 0 Å². The van der Waals surface area contributed by atoms with Crippen LogP contribution in [0.2, 0.25) is 0 Å². The summed E-state index contributed by atoms with van der Waals surface area (Å²) in [5, 5.41) is 8.83. The third kappa shape index (κ3) is 3.17. The first-order chi connectivity index (χ1) is 12.3. The zero-order chi connectivity index (χ0) is 17.1. The summed E-state index contributed by atoms with van der Waals surface area (Å²) in [5.74, 6) is 0.627. The minimum absolute atomic E-state index is 0.251. The molecule has 4 rings (SSSR count). The van der Waals surface area contributed by atoms with Gasteiger partial charge >= 0.3 is 0 Å². The quantitative estimate of drug-likeness (QED) is 0.600. The smallest absolute Gasteiger partial charge is 0.260 e. The van der Waals surface area contributed by atoms with Crippen LogP contribution in [-0.2, 0) is 0 Å². The fraction of sp³-hybridized carbons (Fsp3) is 0. The average molecular weight is 348 g/mol. The van der Waals surface area contributed by atoms with Gasteiger partial charge in [-0.05, 0) is 35.7 Å². The second kappa shape index (κ2) is 6.66. The number of aromatic nitrogens is 3. The molecule has 0 radical (unpaired) electrons. The molecule has 0 aliphatic carbocycles. The number of amides is 1. The van der Waals surface area contributed by atoms with E-state index in [1.165, 1.54) is 17.5 Å². The van der Waals surface area contributed by atoms with E-state index in [0.717, 1.165) is 4.88 Å². The van der Waals surface area contributed by atoms with Gasteiger partial charge in [0.1, 0.15) is 0 Å². The first-order valence-electron chi connectivity index (χ1n) is 7.49. The number of carbonyl (C=O) groups is 1. The molecule has 0 spiro atoms. The summed E-state index contributed by atoms with van der Waals surface area (Å²) in [6, 6.07) is 14.6. The molecular weight excluding hydrogens is 336 g/mol. The monoisotopic (exact) mass is 348 g/mol. The van der Waals surface area contributed by atoms with E-state index in [9.17, 15) is 4.79 Å². The van der Waals surface area contributed by atoms with Crippen molar-refractivity contribution in [2.45, 2.75) is 0 Å². The van der Waals surface area contributed by atoms with E-state index in [1.54, 1.807) is 24.4 Å². The van der Waals surface area contributed by atoms with Crippen molar-refractivity contribution in [3.63, 3.8) is 0 Å². The summed E-state index contributed by atoms with van der Waals surface area (Å²) in [4.78, 5) is 21.7. The molecule has 6 nitrogen and oxygen atoms in total. The highest BCUT2D eigenvalue weighted by molar-refractivity contribution is 7.13. The van der Waals surface area contributed by atoms with Crippen LogP contribution in [0.15, 0.2) is 70.8 Å². The molecule has 0 aliphatic heterocycles. The molecule has 0 aliphatic rings. The molecule has 122 valence electrons. The van der Waals surface area contributed by atoms with E-state index in [1.807, 2.05) is 35.7 Å². The van der Waals surface area contributed by atoms with Gasteiger partial charge in [-0.15, -0.1) is 11.3 Å². The fourth-order valence-electron chi connectivity index (χ4n) is 2.31. The van der Waals surface area contributed by atoms with Gasteiger partial charge in [-0.25, -0.2) is 0 Å². The minimum Gasteiger partial charge on any atom is -0.334 e. The Kier molecular flexibility index (Phi) is 4.05. The standard InChI is InChI=1S/C18H12N4O2S/c23-17(12-5-3-9-19-11-12)20-14-7-2-1-6-13(14)18-21-16(22-24-18)15-8-4-10-25-15/h1-11H,(H,20,23). The second-order valence-corrected chi connectivity index (χ2v) is 6.09. The van der Waals surface area contributed by atoms with Gasteiger partial charge in [0.15, 0.2) is 0 Å². The average Bonchev–Trinajstić information content (AvgIpc) is 3.34. The zero-order valence-electron chi connectivity index (χ0n) is 12.9. The molecule has 4 aromatic rings. The number of para-hydroxylation sites is 1. The Morgan fingerprint density at radius 2 is 2.00 bits per heavy atom. The number of nitrogens with one attached hydrogen (secondary N) is 1. The molecular formula is C18H12N4O2S. The van der Waals surface area contributed by atoms with Gasteiger partial charge in [0.2, 0.25) is 5.82 Å². The van der Waals surface area contributed by atoms with Crippen LogP contribution >= 0.6 is 11.3 Å². The van der Waals surface area contributed by atoms with Gasteiger partial charge in [0.25, 0.3) is 11.8 Å². The van der Waals surface area contributed by atoms with Gasteiger partial charge in [0, 0.05) is 12.4 Å². The lowest BCUT2D eigenvalue weighted by Gasteiger charge is -2.08. The predicted molar refractivity (Wildman–Crippen MR) is 95.2 cm³/mol. The summed E-state index contributed by atoms with van der Waals surface area (Å²) in [5.41, 5.74) is 1.73. The Labute approximate surface area is 147 Å². The number of hydrogen-bond donors (Lipinski definition) is 1. The maximum atomic E-state index is 12.4. The van der Waals surface area contributed by atoms with Crippen molar-refractivity contribution < 1.29 is 9.32 Å². The molecule has 3 heterocycles. The Morgan fingerprint density at radius 1 is 1.08 bits per heavy atom. The zero-order valence-corrected chi connectivity index (χ0v) is 13.7. The Balaban J connectivity index is 1.65. The van der Waals surface area contributed by atoms with E-state index >= 15 is 0 Å². The Hall–Kier alpha value is -3.32. The number of anilines is 1. The largest absolute Gasteiger partial charge is 0.334 e. The molecule has 1 aromatic carbocycles. The van der Waals surface area contributed by atoms with Crippen LogP contribution < -0.4 is 5.32 Å². The maximum Gasteiger partial charge on any atom is 0.260 e. The van der Waals surface area contributed by atoms with Crippen molar-refractivity contribution in [2.75, 3.05) is 5.32 Å². The SMILES string of the molecule is O=C(Nc1ccccc1-c1nc(-c2cccs2)no1)c1cccnc1. The van der Waals surface area contributed by atoms with Crippen LogP contribution in [0.3, 0.4) is 0 Å². The van der Waals surface area contributed by atoms with Gasteiger partial charge in [-0.1, -0.05) is 23.4 Å². The summed E-state index contributed by atoms with van der Waals surface area (Å²) < 4.78 is 5.38. The molecule has 1 amide bonds. The van der Waals surface area contributed by atoms with E-state index in [4.69, 9.17) is 4.52 Å². The van der Waals surface area contributed by atoms with Crippen LogP contribution in [0.5, 0.6) is 0 Å². The number of hydrogen-bond acceptors (Lipinski definition) is 6. The highest BCUT2D eigenvalue weighted by Gasteiger charge is 2.16. The number of thiophene rings is 1. The third-order valence-electron chi connectivity index (χ3n) is 3.50. The van der Waals surface area contributed by atoms with Crippen LogP contribution in [0.4, 0.5) is 5.69 Å². The third-order valence-corrected chi connectivity index (χ3v) is 4.36. The van der Waals surface area contributed by atoms with Crippen molar-refractivity contribution in [1.29, 1.82) is 0 Å². The number of pyridine rings is 1. The first-order valence-corrected chi connectivity index (χ1v) is 8.37. The minimum atomic E-state index is -0.251. The van der Waals surface area contributed by atoms with E-state index < -0.39 is 0 Å². The Morgan fingerprint density at radius 3 is 2.80 bits per heavy atom. The van der Waals surface area contributed by atoms with Crippen molar-refractivity contribution in [3.05, 3.63) is 71.9 Å². The highest BCUT2D eigenvalue weighted by atomic mass is 32.1. The molecule has 0 atom stereocenters. The first kappa shape index (κ1) is 15.2. The molecule has 25 heavy (non-hydrogen) atoms. The summed E-state index contributed by atoms with van der Waals surface area (Å²) in [7, 11) is 0. The number of nitrogens with zero attached hydrogens (tertiary/aromatic N) is 3. The van der Waals surface area contributed by atoms with Gasteiger partial charge < -0.3 is 9.84 Å². The van der Waals surface area contributed by atoms with Crippen molar-refractivity contribution in [1.82, 2.24) is 15.1 Å². The normalized spacial score (nSPS) is 10.6. The lowest BCUT2D eigenvalue weighted by Crippen LogP contribution is -2.12. The summed E-state index contributed by atoms with van der Waals surface area (Å²) >= 11 is 1.53. The molecule has 1 N–H and O–H groups in total. The van der Waals surface area contributed by atoms with E-state index in [-0.39, 0.29) is 5.91 Å². The van der Waals surface area contributed by atoms with Crippen LogP contribution in [-0.4, -0.2) is 21.0 Å². The molecule has 3 aromatic heterocycles.